The molecule has 0 spiro atoms. The number of hydrogen-bond donors (Lipinski definition) is 1. The monoisotopic (exact) mass is 379 g/mol. The van der Waals surface area contributed by atoms with Gasteiger partial charge in [-0.1, -0.05) is 0 Å². The molecule has 1 saturated carbocycles. The molecule has 1 saturated heterocycles. The van der Waals surface area contributed by atoms with Crippen molar-refractivity contribution in [3.63, 3.8) is 0 Å². The zero-order valence-corrected chi connectivity index (χ0v) is 15.4. The molecule has 5 rings (SSSR count). The van der Waals surface area contributed by atoms with E-state index in [9.17, 15) is 9.59 Å². The van der Waals surface area contributed by atoms with Gasteiger partial charge in [0.25, 0.3) is 11.5 Å². The first kappa shape index (κ1) is 16.9. The van der Waals surface area contributed by atoms with E-state index in [0.717, 1.165) is 31.4 Å². The zero-order valence-electron chi connectivity index (χ0n) is 15.4. The highest BCUT2D eigenvalue weighted by Gasteiger charge is 2.33. The van der Waals surface area contributed by atoms with Crippen LogP contribution in [0.15, 0.2) is 41.7 Å². The summed E-state index contributed by atoms with van der Waals surface area (Å²) in [7, 11) is 0. The van der Waals surface area contributed by atoms with E-state index in [1.807, 2.05) is 11.0 Å². The largest absolute Gasteiger partial charge is 0.332 e. The number of carbonyl (C=O) groups excluding carboxylic acids is 1. The van der Waals surface area contributed by atoms with Gasteiger partial charge in [0.1, 0.15) is 12.0 Å². The first-order chi connectivity index (χ1) is 13.7. The van der Waals surface area contributed by atoms with E-state index in [1.165, 1.54) is 10.7 Å². The molecule has 1 N–H and O–H groups in total. The topological polar surface area (TPSA) is 102 Å². The van der Waals surface area contributed by atoms with Gasteiger partial charge in [0.2, 0.25) is 0 Å². The first-order valence-corrected chi connectivity index (χ1v) is 9.62. The van der Waals surface area contributed by atoms with Crippen LogP contribution in [0.1, 0.15) is 47.8 Å². The Morgan fingerprint density at radius 1 is 1.25 bits per heavy atom. The Labute approximate surface area is 161 Å². The third-order valence-electron chi connectivity index (χ3n) is 5.48. The predicted octanol–water partition coefficient (Wildman–Crippen LogP) is 1.33. The fourth-order valence-electron chi connectivity index (χ4n) is 3.79. The zero-order chi connectivity index (χ0) is 19.1. The van der Waals surface area contributed by atoms with Gasteiger partial charge < -0.3 is 4.90 Å². The minimum absolute atomic E-state index is 0.0724. The normalized spacial score (nSPS) is 19.3. The van der Waals surface area contributed by atoms with Crippen molar-refractivity contribution in [3.8, 4) is 5.82 Å². The Balaban J connectivity index is 1.36. The molecule has 28 heavy (non-hydrogen) atoms. The third kappa shape index (κ3) is 3.12. The summed E-state index contributed by atoms with van der Waals surface area (Å²) in [4.78, 5) is 31.1. The molecule has 1 unspecified atom stereocenters. The Bertz CT molecular complexity index is 1050. The van der Waals surface area contributed by atoms with Crippen molar-refractivity contribution in [2.75, 3.05) is 6.54 Å². The molecule has 3 aromatic rings. The van der Waals surface area contributed by atoms with Crippen molar-refractivity contribution in [3.05, 3.63) is 58.7 Å². The molecule has 1 aliphatic heterocycles. The first-order valence-electron chi connectivity index (χ1n) is 9.62. The summed E-state index contributed by atoms with van der Waals surface area (Å²) in [5.41, 5.74) is 1.32. The van der Waals surface area contributed by atoms with E-state index < -0.39 is 0 Å². The minimum Gasteiger partial charge on any atom is -0.332 e. The second kappa shape index (κ2) is 6.74. The number of H-pyrrole nitrogens is 1. The van der Waals surface area contributed by atoms with E-state index in [-0.39, 0.29) is 17.5 Å². The smallest absolute Gasteiger partial charge is 0.274 e. The maximum Gasteiger partial charge on any atom is 0.274 e. The van der Waals surface area contributed by atoms with Crippen LogP contribution in [-0.2, 0) is 6.54 Å². The molecule has 3 aromatic heterocycles. The van der Waals surface area contributed by atoms with E-state index in [1.54, 1.807) is 29.4 Å². The van der Waals surface area contributed by atoms with Crippen LogP contribution in [0.5, 0.6) is 0 Å². The lowest BCUT2D eigenvalue weighted by Gasteiger charge is -2.24. The van der Waals surface area contributed by atoms with Crippen LogP contribution in [0.2, 0.25) is 0 Å². The summed E-state index contributed by atoms with van der Waals surface area (Å²) >= 11 is 0. The highest BCUT2D eigenvalue weighted by atomic mass is 16.2. The molecule has 1 atom stereocenters. The van der Waals surface area contributed by atoms with Crippen molar-refractivity contribution >= 4 is 5.91 Å². The molecular formula is C19H21N7O2. The van der Waals surface area contributed by atoms with Crippen LogP contribution in [0.3, 0.4) is 0 Å². The average molecular weight is 379 g/mol. The van der Waals surface area contributed by atoms with Crippen molar-refractivity contribution in [2.24, 2.45) is 0 Å². The second-order valence-corrected chi connectivity index (χ2v) is 7.46. The average Bonchev–Trinajstić information content (AvgIpc) is 3.13. The summed E-state index contributed by atoms with van der Waals surface area (Å²) in [6, 6.07) is 4.97. The highest BCUT2D eigenvalue weighted by molar-refractivity contribution is 5.92. The quantitative estimate of drug-likeness (QED) is 0.721. The molecule has 1 aliphatic carbocycles. The minimum atomic E-state index is -0.182. The van der Waals surface area contributed by atoms with Gasteiger partial charge in [0.15, 0.2) is 5.82 Å². The number of aromatic amines is 1. The fourth-order valence-corrected chi connectivity index (χ4v) is 3.79. The van der Waals surface area contributed by atoms with Gasteiger partial charge in [0.05, 0.1) is 12.6 Å². The summed E-state index contributed by atoms with van der Waals surface area (Å²) in [5, 5.41) is 11.7. The van der Waals surface area contributed by atoms with Gasteiger partial charge >= 0.3 is 0 Å². The van der Waals surface area contributed by atoms with Gasteiger partial charge in [0, 0.05) is 36.6 Å². The van der Waals surface area contributed by atoms with E-state index in [0.29, 0.717) is 30.5 Å². The van der Waals surface area contributed by atoms with Crippen molar-refractivity contribution in [1.29, 1.82) is 0 Å². The number of amides is 1. The molecule has 9 heteroatoms. The van der Waals surface area contributed by atoms with E-state index in [2.05, 4.69) is 20.3 Å². The van der Waals surface area contributed by atoms with Crippen LogP contribution < -0.4 is 5.56 Å². The van der Waals surface area contributed by atoms with Crippen molar-refractivity contribution < 1.29 is 4.79 Å². The SMILES string of the molecule is O=C(c1cc(C2CC2)[nH]n1)N1CCCC1Cn1nc(-n2ccnc2)ccc1=O. The molecule has 4 heterocycles. The lowest BCUT2D eigenvalue weighted by atomic mass is 10.2. The third-order valence-corrected chi connectivity index (χ3v) is 5.48. The summed E-state index contributed by atoms with van der Waals surface area (Å²) in [6.07, 6.45) is 9.14. The molecule has 2 aliphatic rings. The Kier molecular flexibility index (Phi) is 4.07. The fraction of sp³-hybridized carbons (Fsp3) is 0.421. The number of nitrogens with zero attached hydrogens (tertiary/aromatic N) is 6. The molecular weight excluding hydrogens is 358 g/mol. The van der Waals surface area contributed by atoms with Gasteiger partial charge in [-0.3, -0.25) is 19.3 Å². The number of imidazole rings is 1. The van der Waals surface area contributed by atoms with Crippen LogP contribution in [-0.4, -0.2) is 52.9 Å². The predicted molar refractivity (Wildman–Crippen MR) is 100 cm³/mol. The number of nitrogens with one attached hydrogen (secondary N) is 1. The molecule has 1 amide bonds. The summed E-state index contributed by atoms with van der Waals surface area (Å²) < 4.78 is 3.18. The standard InChI is InChI=1S/C19H21N7O2/c27-18-6-5-17(24-9-7-20-12-24)23-26(18)11-14-2-1-8-25(14)19(28)16-10-15(21-22-16)13-3-4-13/h5-7,9-10,12-14H,1-4,8,11H2,(H,21,22). The second-order valence-electron chi connectivity index (χ2n) is 7.46. The molecule has 0 aromatic carbocycles. The van der Waals surface area contributed by atoms with Crippen LogP contribution in [0.4, 0.5) is 0 Å². The number of carbonyl (C=O) groups is 1. The maximum atomic E-state index is 13.0. The van der Waals surface area contributed by atoms with E-state index >= 15 is 0 Å². The van der Waals surface area contributed by atoms with Crippen LogP contribution >= 0.6 is 0 Å². The Morgan fingerprint density at radius 2 is 2.14 bits per heavy atom. The van der Waals surface area contributed by atoms with Crippen LogP contribution in [0, 0.1) is 0 Å². The molecule has 2 fully saturated rings. The molecule has 0 radical (unpaired) electrons. The van der Waals surface area contributed by atoms with Crippen molar-refractivity contribution in [2.45, 2.75) is 44.2 Å². The van der Waals surface area contributed by atoms with Gasteiger partial charge in [-0.05, 0) is 37.8 Å². The number of hydrogen-bond acceptors (Lipinski definition) is 5. The maximum absolute atomic E-state index is 13.0. The van der Waals surface area contributed by atoms with E-state index in [4.69, 9.17) is 0 Å². The van der Waals surface area contributed by atoms with Crippen molar-refractivity contribution in [1.82, 2.24) is 34.4 Å². The highest BCUT2D eigenvalue weighted by Crippen LogP contribution is 2.39. The van der Waals surface area contributed by atoms with Crippen LogP contribution in [0.25, 0.3) is 5.82 Å². The van der Waals surface area contributed by atoms with Gasteiger partial charge in [-0.15, -0.1) is 0 Å². The Morgan fingerprint density at radius 3 is 2.93 bits per heavy atom. The molecule has 0 bridgehead atoms. The number of rotatable bonds is 5. The van der Waals surface area contributed by atoms with Gasteiger partial charge in [-0.25, -0.2) is 9.67 Å². The Hall–Kier alpha value is -3.23. The lowest BCUT2D eigenvalue weighted by Crippen LogP contribution is -2.40. The van der Waals surface area contributed by atoms with Gasteiger partial charge in [-0.2, -0.15) is 10.2 Å². The number of likely N-dealkylation sites (tertiary alicyclic amines) is 1. The molecule has 9 nitrogen and oxygen atoms in total. The molecule has 144 valence electrons. The lowest BCUT2D eigenvalue weighted by molar-refractivity contribution is 0.0714. The summed E-state index contributed by atoms with van der Waals surface area (Å²) in [5.74, 6) is 1.07. The number of aromatic nitrogens is 6. The summed E-state index contributed by atoms with van der Waals surface area (Å²) in [6.45, 7) is 1.04.